The number of amides is 1. The highest BCUT2D eigenvalue weighted by molar-refractivity contribution is 5.92. The lowest BCUT2D eigenvalue weighted by atomic mass is 10.0. The second kappa shape index (κ2) is 5.76. The zero-order valence-corrected chi connectivity index (χ0v) is 10.2. The van der Waals surface area contributed by atoms with Crippen LogP contribution in [-0.2, 0) is 16.1 Å². The summed E-state index contributed by atoms with van der Waals surface area (Å²) >= 11 is 0. The second-order valence-electron chi connectivity index (χ2n) is 4.22. The number of ether oxygens (including phenoxy) is 1. The topological polar surface area (TPSA) is 132 Å². The molecule has 0 spiro atoms. The Hall–Kier alpha value is -2.00. The van der Waals surface area contributed by atoms with Crippen molar-refractivity contribution in [2.75, 3.05) is 19.8 Å². The van der Waals surface area contributed by atoms with Crippen LogP contribution < -0.4 is 11.1 Å². The summed E-state index contributed by atoms with van der Waals surface area (Å²) in [5, 5.41) is 19.0. The van der Waals surface area contributed by atoms with Crippen LogP contribution in [0.4, 0.5) is 0 Å². The summed E-state index contributed by atoms with van der Waals surface area (Å²) in [4.78, 5) is 22.8. The lowest BCUT2D eigenvalue weighted by molar-refractivity contribution is -0.142. The van der Waals surface area contributed by atoms with Crippen LogP contribution in [0, 0.1) is 5.92 Å². The summed E-state index contributed by atoms with van der Waals surface area (Å²) in [5.74, 6) is -2.19. The van der Waals surface area contributed by atoms with Crippen LogP contribution in [0.2, 0.25) is 0 Å². The van der Waals surface area contributed by atoms with E-state index in [0.29, 0.717) is 13.1 Å². The zero-order valence-electron chi connectivity index (χ0n) is 10.2. The number of carbonyl (C=O) groups is 2. The highest BCUT2D eigenvalue weighted by Gasteiger charge is 2.35. The van der Waals surface area contributed by atoms with Crippen molar-refractivity contribution >= 4 is 11.9 Å². The van der Waals surface area contributed by atoms with Gasteiger partial charge >= 0.3 is 5.97 Å². The Morgan fingerprint density at radius 2 is 2.37 bits per heavy atom. The van der Waals surface area contributed by atoms with Crippen molar-refractivity contribution in [3.63, 3.8) is 0 Å². The molecule has 19 heavy (non-hydrogen) atoms. The lowest BCUT2D eigenvalue weighted by Crippen LogP contribution is -2.42. The first kappa shape index (κ1) is 13.4. The summed E-state index contributed by atoms with van der Waals surface area (Å²) in [7, 11) is 0. The van der Waals surface area contributed by atoms with Gasteiger partial charge in [-0.1, -0.05) is 5.21 Å². The molecule has 1 saturated heterocycles. The first-order valence-electron chi connectivity index (χ1n) is 5.83. The van der Waals surface area contributed by atoms with E-state index in [1.165, 1.54) is 10.9 Å². The van der Waals surface area contributed by atoms with Gasteiger partial charge in [-0.3, -0.25) is 14.3 Å². The molecule has 2 unspecified atom stereocenters. The highest BCUT2D eigenvalue weighted by atomic mass is 16.5. The lowest BCUT2D eigenvalue weighted by Gasteiger charge is -2.14. The quantitative estimate of drug-likeness (QED) is 0.566. The second-order valence-corrected chi connectivity index (χ2v) is 4.22. The molecule has 0 radical (unpaired) electrons. The maximum absolute atomic E-state index is 11.9. The minimum absolute atomic E-state index is 0.0974. The van der Waals surface area contributed by atoms with Crippen molar-refractivity contribution in [2.45, 2.75) is 12.6 Å². The van der Waals surface area contributed by atoms with E-state index in [0.717, 1.165) is 0 Å². The number of aliphatic carboxylic acids is 1. The van der Waals surface area contributed by atoms with Crippen LogP contribution in [0.5, 0.6) is 0 Å². The molecule has 9 nitrogen and oxygen atoms in total. The van der Waals surface area contributed by atoms with Gasteiger partial charge in [-0.2, -0.15) is 0 Å². The summed E-state index contributed by atoms with van der Waals surface area (Å²) in [6.07, 6.45) is 1.47. The van der Waals surface area contributed by atoms with Gasteiger partial charge in [-0.15, -0.1) is 5.10 Å². The van der Waals surface area contributed by atoms with E-state index in [4.69, 9.17) is 15.6 Å². The maximum Gasteiger partial charge on any atom is 0.311 e. The van der Waals surface area contributed by atoms with Crippen LogP contribution in [0.3, 0.4) is 0 Å². The number of hydrogen-bond donors (Lipinski definition) is 3. The van der Waals surface area contributed by atoms with Crippen LogP contribution in [0.15, 0.2) is 6.20 Å². The molecular weight excluding hydrogens is 254 g/mol. The number of carbonyl (C=O) groups excluding carboxylic acids is 1. The van der Waals surface area contributed by atoms with Crippen LogP contribution in [0.1, 0.15) is 10.5 Å². The SMILES string of the molecule is NCCn1cc(C(=O)NC2COCC2C(=O)O)nn1. The molecule has 0 bridgehead atoms. The van der Waals surface area contributed by atoms with Gasteiger partial charge in [0.05, 0.1) is 32.0 Å². The predicted molar refractivity (Wildman–Crippen MR) is 62.3 cm³/mol. The Bertz CT molecular complexity index is 474. The molecule has 2 heterocycles. The minimum atomic E-state index is -0.991. The zero-order chi connectivity index (χ0) is 13.8. The number of aromatic nitrogens is 3. The molecule has 1 amide bonds. The molecule has 0 aliphatic carbocycles. The third-order valence-corrected chi connectivity index (χ3v) is 2.84. The Morgan fingerprint density at radius 3 is 3.05 bits per heavy atom. The van der Waals surface area contributed by atoms with Crippen LogP contribution in [0.25, 0.3) is 0 Å². The van der Waals surface area contributed by atoms with E-state index in [-0.39, 0.29) is 18.9 Å². The van der Waals surface area contributed by atoms with E-state index >= 15 is 0 Å². The van der Waals surface area contributed by atoms with Crippen molar-refractivity contribution in [3.05, 3.63) is 11.9 Å². The van der Waals surface area contributed by atoms with Gasteiger partial charge in [0.2, 0.25) is 0 Å². The fourth-order valence-electron chi connectivity index (χ4n) is 1.83. The minimum Gasteiger partial charge on any atom is -0.481 e. The average molecular weight is 269 g/mol. The standard InChI is InChI=1S/C10H15N5O4/c11-1-2-15-3-7(13-14-15)9(16)12-8-5-19-4-6(8)10(17)18/h3,6,8H,1-2,4-5,11H2,(H,12,16)(H,17,18). The van der Waals surface area contributed by atoms with E-state index in [2.05, 4.69) is 15.6 Å². The smallest absolute Gasteiger partial charge is 0.311 e. The fourth-order valence-corrected chi connectivity index (χ4v) is 1.83. The molecule has 2 atom stereocenters. The summed E-state index contributed by atoms with van der Waals surface area (Å²) in [6, 6.07) is -0.551. The van der Waals surface area contributed by atoms with Gasteiger partial charge in [0.1, 0.15) is 5.92 Å². The molecule has 4 N–H and O–H groups in total. The number of nitrogens with one attached hydrogen (secondary N) is 1. The third-order valence-electron chi connectivity index (χ3n) is 2.84. The largest absolute Gasteiger partial charge is 0.481 e. The molecule has 0 aromatic carbocycles. The Balaban J connectivity index is 1.98. The Labute approximate surface area is 108 Å². The highest BCUT2D eigenvalue weighted by Crippen LogP contribution is 2.14. The van der Waals surface area contributed by atoms with Gasteiger partial charge in [-0.25, -0.2) is 0 Å². The fraction of sp³-hybridized carbons (Fsp3) is 0.600. The van der Waals surface area contributed by atoms with E-state index in [9.17, 15) is 9.59 Å². The number of nitrogens with two attached hydrogens (primary N) is 1. The van der Waals surface area contributed by atoms with Gasteiger partial charge in [0, 0.05) is 6.54 Å². The predicted octanol–water partition coefficient (Wildman–Crippen LogP) is -1.93. The van der Waals surface area contributed by atoms with Crippen LogP contribution in [-0.4, -0.2) is 57.8 Å². The number of hydrogen-bond acceptors (Lipinski definition) is 6. The van der Waals surface area contributed by atoms with E-state index in [1.807, 2.05) is 0 Å². The molecule has 104 valence electrons. The summed E-state index contributed by atoms with van der Waals surface area (Å²) in [6.45, 7) is 1.13. The van der Waals surface area contributed by atoms with Gasteiger partial charge in [0.15, 0.2) is 5.69 Å². The average Bonchev–Trinajstić information content (AvgIpc) is 2.98. The molecule has 1 fully saturated rings. The molecule has 1 aliphatic rings. The first-order valence-corrected chi connectivity index (χ1v) is 5.83. The van der Waals surface area contributed by atoms with Crippen molar-refractivity contribution < 1.29 is 19.4 Å². The number of nitrogens with zero attached hydrogens (tertiary/aromatic N) is 3. The summed E-state index contributed by atoms with van der Waals surface area (Å²) in [5.41, 5.74) is 5.49. The molecule has 1 aromatic heterocycles. The molecule has 0 saturated carbocycles. The maximum atomic E-state index is 11.9. The normalized spacial score (nSPS) is 22.4. The molecule has 2 rings (SSSR count). The third kappa shape index (κ3) is 3.06. The number of rotatable bonds is 5. The molecule has 9 heteroatoms. The van der Waals surface area contributed by atoms with Crippen molar-refractivity contribution in [3.8, 4) is 0 Å². The van der Waals surface area contributed by atoms with Crippen LogP contribution >= 0.6 is 0 Å². The molecule has 1 aliphatic heterocycles. The molecular formula is C10H15N5O4. The van der Waals surface area contributed by atoms with E-state index in [1.54, 1.807) is 0 Å². The van der Waals surface area contributed by atoms with Gasteiger partial charge in [-0.05, 0) is 0 Å². The van der Waals surface area contributed by atoms with Crippen molar-refractivity contribution in [1.82, 2.24) is 20.3 Å². The van der Waals surface area contributed by atoms with E-state index < -0.39 is 23.8 Å². The Kier molecular flexibility index (Phi) is 4.07. The van der Waals surface area contributed by atoms with Crippen molar-refractivity contribution in [2.24, 2.45) is 11.7 Å². The van der Waals surface area contributed by atoms with Crippen molar-refractivity contribution in [1.29, 1.82) is 0 Å². The first-order chi connectivity index (χ1) is 9.11. The monoisotopic (exact) mass is 269 g/mol. The number of carboxylic acids is 1. The van der Waals surface area contributed by atoms with Gasteiger partial charge < -0.3 is 20.9 Å². The summed E-state index contributed by atoms with van der Waals surface area (Å²) < 4.78 is 6.51. The number of carboxylic acid groups (broad SMARTS) is 1. The molecule has 1 aromatic rings. The Morgan fingerprint density at radius 1 is 1.58 bits per heavy atom. The van der Waals surface area contributed by atoms with Gasteiger partial charge in [0.25, 0.3) is 5.91 Å².